The van der Waals surface area contributed by atoms with E-state index < -0.39 is 11.2 Å². The maximum absolute atomic E-state index is 13.8. The second-order valence-electron chi connectivity index (χ2n) is 4.01. The molecule has 92 valence electrons. The number of anilines is 1. The standard InChI is InChI=1S/C11H12FIN2O2/c12-11-3-1-2-6-14(11)10-7-8(13)4-5-9(10)15(16)17/h4-5,7,11H,1-3,6H2. The zero-order valence-corrected chi connectivity index (χ0v) is 11.3. The summed E-state index contributed by atoms with van der Waals surface area (Å²) in [7, 11) is 0. The molecule has 1 heterocycles. The lowest BCUT2D eigenvalue weighted by Gasteiger charge is -2.32. The van der Waals surface area contributed by atoms with Crippen LogP contribution in [0, 0.1) is 13.7 Å². The molecule has 0 aliphatic carbocycles. The van der Waals surface area contributed by atoms with Gasteiger partial charge < -0.3 is 4.90 Å². The van der Waals surface area contributed by atoms with Crippen molar-refractivity contribution in [2.24, 2.45) is 0 Å². The Labute approximate surface area is 112 Å². The van der Waals surface area contributed by atoms with E-state index in [1.54, 1.807) is 12.1 Å². The second-order valence-corrected chi connectivity index (χ2v) is 5.26. The number of alkyl halides is 1. The van der Waals surface area contributed by atoms with E-state index in [-0.39, 0.29) is 5.69 Å². The van der Waals surface area contributed by atoms with Gasteiger partial charge in [-0.15, -0.1) is 0 Å². The molecular formula is C11H12FIN2O2. The van der Waals surface area contributed by atoms with E-state index in [1.807, 2.05) is 0 Å². The van der Waals surface area contributed by atoms with Gasteiger partial charge in [-0.1, -0.05) is 0 Å². The predicted octanol–water partition coefficient (Wildman–Crippen LogP) is 3.49. The Balaban J connectivity index is 2.41. The first-order chi connectivity index (χ1) is 8.09. The van der Waals surface area contributed by atoms with Gasteiger partial charge in [0.15, 0.2) is 6.30 Å². The minimum Gasteiger partial charge on any atom is -0.336 e. The van der Waals surface area contributed by atoms with Crippen LogP contribution in [0.25, 0.3) is 0 Å². The molecule has 1 aliphatic rings. The molecule has 0 bridgehead atoms. The molecule has 4 nitrogen and oxygen atoms in total. The van der Waals surface area contributed by atoms with E-state index in [4.69, 9.17) is 0 Å². The summed E-state index contributed by atoms with van der Waals surface area (Å²) in [5.74, 6) is 0. The van der Waals surface area contributed by atoms with Crippen molar-refractivity contribution in [1.82, 2.24) is 0 Å². The number of rotatable bonds is 2. The number of nitrogens with zero attached hydrogens (tertiary/aromatic N) is 2. The summed E-state index contributed by atoms with van der Waals surface area (Å²) in [6.07, 6.45) is 1.06. The first-order valence-corrected chi connectivity index (χ1v) is 6.52. The highest BCUT2D eigenvalue weighted by Gasteiger charge is 2.27. The van der Waals surface area contributed by atoms with Crippen LogP contribution in [0.5, 0.6) is 0 Å². The highest BCUT2D eigenvalue weighted by Crippen LogP contribution is 2.34. The molecule has 1 fully saturated rings. The van der Waals surface area contributed by atoms with Crippen molar-refractivity contribution in [1.29, 1.82) is 0 Å². The lowest BCUT2D eigenvalue weighted by molar-refractivity contribution is -0.384. The molecule has 1 atom stereocenters. The van der Waals surface area contributed by atoms with Crippen LogP contribution in [0.3, 0.4) is 0 Å². The first-order valence-electron chi connectivity index (χ1n) is 5.44. The molecule has 1 unspecified atom stereocenters. The quantitative estimate of drug-likeness (QED) is 0.355. The molecule has 1 aromatic rings. The lowest BCUT2D eigenvalue weighted by Crippen LogP contribution is -2.36. The van der Waals surface area contributed by atoms with Crippen LogP contribution in [0.1, 0.15) is 19.3 Å². The van der Waals surface area contributed by atoms with Gasteiger partial charge >= 0.3 is 0 Å². The zero-order chi connectivity index (χ0) is 12.4. The minimum absolute atomic E-state index is 0.0185. The van der Waals surface area contributed by atoms with Crippen LogP contribution in [-0.2, 0) is 0 Å². The molecule has 0 N–H and O–H groups in total. The second kappa shape index (κ2) is 5.16. The SMILES string of the molecule is O=[N+]([O-])c1ccc(I)cc1N1CCCCC1F. The van der Waals surface area contributed by atoms with Gasteiger partial charge in [0.05, 0.1) is 4.92 Å². The van der Waals surface area contributed by atoms with Crippen LogP contribution >= 0.6 is 22.6 Å². The van der Waals surface area contributed by atoms with E-state index in [0.717, 1.165) is 16.4 Å². The summed E-state index contributed by atoms with van der Waals surface area (Å²) in [6.45, 7) is 0.544. The molecule has 2 rings (SSSR count). The summed E-state index contributed by atoms with van der Waals surface area (Å²) in [4.78, 5) is 12.0. The largest absolute Gasteiger partial charge is 0.336 e. The van der Waals surface area contributed by atoms with Crippen LogP contribution in [0.2, 0.25) is 0 Å². The number of piperidine rings is 1. The lowest BCUT2D eigenvalue weighted by atomic mass is 10.1. The number of hydrogen-bond donors (Lipinski definition) is 0. The fourth-order valence-corrected chi connectivity index (χ4v) is 2.52. The number of nitro benzene ring substituents is 1. The fourth-order valence-electron chi connectivity index (χ4n) is 2.04. The average molecular weight is 350 g/mol. The van der Waals surface area contributed by atoms with Crippen LogP contribution in [0.4, 0.5) is 15.8 Å². The Morgan fingerprint density at radius 3 is 2.88 bits per heavy atom. The van der Waals surface area contributed by atoms with Crippen molar-refractivity contribution in [3.63, 3.8) is 0 Å². The van der Waals surface area contributed by atoms with Crippen molar-refractivity contribution >= 4 is 34.0 Å². The van der Waals surface area contributed by atoms with E-state index in [9.17, 15) is 14.5 Å². The van der Waals surface area contributed by atoms with Gasteiger partial charge in [0.2, 0.25) is 0 Å². The molecule has 0 aromatic heterocycles. The van der Waals surface area contributed by atoms with Gasteiger partial charge in [0, 0.05) is 16.2 Å². The predicted molar refractivity (Wildman–Crippen MR) is 71.9 cm³/mol. The van der Waals surface area contributed by atoms with Crippen LogP contribution in [-0.4, -0.2) is 17.8 Å². The molecule has 0 saturated carbocycles. The highest BCUT2D eigenvalue weighted by molar-refractivity contribution is 14.1. The average Bonchev–Trinajstić information content (AvgIpc) is 2.29. The Hall–Kier alpha value is -0.920. The Morgan fingerprint density at radius 2 is 2.24 bits per heavy atom. The molecular weight excluding hydrogens is 338 g/mol. The van der Waals surface area contributed by atoms with Crippen molar-refractivity contribution in [3.8, 4) is 0 Å². The van der Waals surface area contributed by atoms with Crippen molar-refractivity contribution in [3.05, 3.63) is 31.9 Å². The van der Waals surface area contributed by atoms with Gasteiger partial charge in [-0.3, -0.25) is 10.1 Å². The maximum atomic E-state index is 13.8. The van der Waals surface area contributed by atoms with Crippen LogP contribution in [0.15, 0.2) is 18.2 Å². The highest BCUT2D eigenvalue weighted by atomic mass is 127. The molecule has 0 amide bonds. The van der Waals surface area contributed by atoms with E-state index in [0.29, 0.717) is 18.7 Å². The van der Waals surface area contributed by atoms with Gasteiger partial charge in [0.25, 0.3) is 5.69 Å². The van der Waals surface area contributed by atoms with Crippen molar-refractivity contribution in [2.45, 2.75) is 25.6 Å². The molecule has 0 radical (unpaired) electrons. The Morgan fingerprint density at radius 1 is 1.47 bits per heavy atom. The summed E-state index contributed by atoms with van der Waals surface area (Å²) in [5.41, 5.74) is 0.379. The van der Waals surface area contributed by atoms with Gasteiger partial charge in [-0.25, -0.2) is 4.39 Å². The van der Waals surface area contributed by atoms with Gasteiger partial charge in [-0.2, -0.15) is 0 Å². The summed E-state index contributed by atoms with van der Waals surface area (Å²) >= 11 is 2.08. The number of hydrogen-bond acceptors (Lipinski definition) is 3. The number of nitro groups is 1. The first kappa shape index (κ1) is 12.5. The maximum Gasteiger partial charge on any atom is 0.292 e. The Kier molecular flexibility index (Phi) is 3.80. The zero-order valence-electron chi connectivity index (χ0n) is 9.10. The Bertz CT molecular complexity index is 441. The van der Waals surface area contributed by atoms with Gasteiger partial charge in [0.1, 0.15) is 5.69 Å². The summed E-state index contributed by atoms with van der Waals surface area (Å²) in [6, 6.07) is 4.79. The summed E-state index contributed by atoms with van der Waals surface area (Å²) in [5, 5.41) is 10.9. The monoisotopic (exact) mass is 350 g/mol. The normalized spacial score (nSPS) is 20.4. The fraction of sp³-hybridized carbons (Fsp3) is 0.455. The third-order valence-electron chi connectivity index (χ3n) is 2.87. The minimum atomic E-state index is -1.11. The molecule has 6 heteroatoms. The van der Waals surface area contributed by atoms with Gasteiger partial charge in [-0.05, 0) is 54.0 Å². The molecule has 1 aromatic carbocycles. The smallest absolute Gasteiger partial charge is 0.292 e. The third-order valence-corrected chi connectivity index (χ3v) is 3.54. The molecule has 17 heavy (non-hydrogen) atoms. The van der Waals surface area contributed by atoms with E-state index in [1.165, 1.54) is 11.0 Å². The van der Waals surface area contributed by atoms with E-state index in [2.05, 4.69) is 22.6 Å². The molecule has 0 spiro atoms. The summed E-state index contributed by atoms with van der Waals surface area (Å²) < 4.78 is 14.7. The number of benzene rings is 1. The third kappa shape index (κ3) is 2.67. The number of halogens is 2. The van der Waals surface area contributed by atoms with Crippen molar-refractivity contribution in [2.75, 3.05) is 11.4 Å². The van der Waals surface area contributed by atoms with E-state index >= 15 is 0 Å². The van der Waals surface area contributed by atoms with Crippen LogP contribution < -0.4 is 4.90 Å². The topological polar surface area (TPSA) is 46.4 Å². The van der Waals surface area contributed by atoms with Crippen molar-refractivity contribution < 1.29 is 9.31 Å². The molecule has 1 saturated heterocycles. The molecule has 1 aliphatic heterocycles.